The van der Waals surface area contributed by atoms with Gasteiger partial charge in [0.2, 0.25) is 11.8 Å². The molecule has 4 atom stereocenters. The maximum atomic E-state index is 13.9. The minimum atomic E-state index is -1.34. The van der Waals surface area contributed by atoms with Gasteiger partial charge in [-0.25, -0.2) is 19.6 Å². The Morgan fingerprint density at radius 2 is 0.910 bits per heavy atom. The molecule has 6 N–H and O–H groups in total. The van der Waals surface area contributed by atoms with Gasteiger partial charge in [0.25, 0.3) is 11.9 Å². The number of benzene rings is 8. The summed E-state index contributed by atoms with van der Waals surface area (Å²) < 4.78 is 26.3. The molecule has 4 fully saturated rings. The molecule has 2 saturated heterocycles. The molecule has 23 nitrogen and oxygen atoms in total. The number of aliphatic carboxylic acids is 2. The summed E-state index contributed by atoms with van der Waals surface area (Å²) in [5.74, 6) is 0.704. The molecule has 4 amide bonds. The minimum Gasteiger partial charge on any atom is -1.00 e. The fourth-order valence-electron chi connectivity index (χ4n) is 17.6. The Kier molecular flexibility index (Phi) is 50.3. The summed E-state index contributed by atoms with van der Waals surface area (Å²) in [5.41, 5.74) is 13.8. The first-order chi connectivity index (χ1) is 62.3. The average Bonchev–Trinajstić information content (AvgIpc) is 1.37. The topological polar surface area (TPSA) is 290 Å². The second kappa shape index (κ2) is 58.7. The van der Waals surface area contributed by atoms with E-state index < -0.39 is 54.5 Å². The van der Waals surface area contributed by atoms with Crippen LogP contribution >= 0.6 is 19.5 Å². The van der Waals surface area contributed by atoms with E-state index in [4.69, 9.17) is 70.4 Å². The number of carboxylic acid groups (broad SMARTS) is 2. The van der Waals surface area contributed by atoms with E-state index in [1.54, 1.807) is 43.8 Å². The zero-order chi connectivity index (χ0) is 93.7. The molecular weight excluding hydrogens is 1930 g/mol. The number of halogens is 2. The van der Waals surface area contributed by atoms with Crippen LogP contribution in [0.3, 0.4) is 0 Å². The molecule has 4 heterocycles. The molecule has 2 aliphatic heterocycles. The molecule has 14 rings (SSSR count). The number of aryl methyl sites for hydroxylation is 2. The number of piperidine rings is 2. The van der Waals surface area contributed by atoms with Crippen molar-refractivity contribution in [3.63, 3.8) is 0 Å². The van der Waals surface area contributed by atoms with Crippen molar-refractivity contribution in [3.05, 3.63) is 234 Å². The third-order valence-electron chi connectivity index (χ3n) is 23.2. The van der Waals surface area contributed by atoms with Gasteiger partial charge in [-0.3, -0.25) is 19.2 Å². The van der Waals surface area contributed by atoms with Crippen LogP contribution in [0.4, 0.5) is 15.3 Å². The number of imidazole rings is 2. The maximum Gasteiger partial charge on any atom is 1.00 e. The number of ether oxygens (including phenoxy) is 4. The number of amides is 4. The number of carboxylic acids is 2. The average molecular weight is 2070 g/mol. The number of carbonyl (C=O) groups excluding carboxylic acids is 4. The summed E-state index contributed by atoms with van der Waals surface area (Å²) in [7, 11) is 6.36. The van der Waals surface area contributed by atoms with Gasteiger partial charge in [-0.05, 0) is 211 Å². The molecule has 0 spiro atoms. The fraction of sp³-hybridized carbons (Fsp3) is 0.462. The van der Waals surface area contributed by atoms with Gasteiger partial charge >= 0.3 is 88.2 Å². The van der Waals surface area contributed by atoms with Gasteiger partial charge in [0.1, 0.15) is 22.9 Å². The smallest absolute Gasteiger partial charge is 1.00 e. The maximum absolute atomic E-state index is 13.9. The van der Waals surface area contributed by atoms with Crippen molar-refractivity contribution in [2.75, 3.05) is 72.6 Å². The predicted octanol–water partition coefficient (Wildman–Crippen LogP) is 13.7. The van der Waals surface area contributed by atoms with E-state index in [9.17, 15) is 19.2 Å². The molecule has 0 bridgehead atoms. The van der Waals surface area contributed by atoms with Gasteiger partial charge in [0.05, 0.1) is 22.1 Å². The third kappa shape index (κ3) is 38.2. The van der Waals surface area contributed by atoms with Crippen molar-refractivity contribution in [1.29, 1.82) is 0 Å². The number of nitrogens with one attached hydrogen (secondary N) is 2. The molecule has 29 heteroatoms. The summed E-state index contributed by atoms with van der Waals surface area (Å²) in [4.78, 5) is 87.3. The van der Waals surface area contributed by atoms with E-state index >= 15 is 0 Å². The molecule has 2 saturated carbocycles. The first-order valence-corrected chi connectivity index (χ1v) is 48.0. The fourth-order valence-corrected chi connectivity index (χ4v) is 21.8. The number of aromatic nitrogens is 4. The number of para-hydroxylation sites is 5. The van der Waals surface area contributed by atoms with Crippen LogP contribution < -0.4 is 99.9 Å². The van der Waals surface area contributed by atoms with Crippen LogP contribution in [-0.4, -0.2) is 195 Å². The molecule has 10 aromatic rings. The molecule has 2 aliphatic carbocycles. The number of hydrogen-bond donors (Lipinski definition) is 6. The van der Waals surface area contributed by atoms with Crippen LogP contribution in [0.5, 0.6) is 0 Å². The van der Waals surface area contributed by atoms with Crippen molar-refractivity contribution in [3.8, 4) is 22.3 Å². The Balaban J connectivity index is 0.000000283. The van der Waals surface area contributed by atoms with Gasteiger partial charge in [0, 0.05) is 168 Å². The SMILES string of the molecule is CC(=O)O.CC(=O)O.CN(C)c1ccccc1-c1ccccc1P(C1CCCCC1)C1CCCCC1.COCCCn1c([C@@H]2CCCN(C(=O)C[C@@H](Cc3cccc(-c4ccccc4)c3)NC(=O)OC(C)(C)C)C2)nc2ccccc21.COCCCn1c([C@@H]2CCCN(C(=O)C[C@@H](Cc3cccc(Cl)c3)NC(=O)OC(C)(C)C)C2)nc2ccccc21.OB(O)c1ccccc1.[Cs+].[F-].[Pd]. The predicted molar refractivity (Wildman–Crippen MR) is 525 cm³/mol. The van der Waals surface area contributed by atoms with Crippen LogP contribution in [0.2, 0.25) is 5.02 Å². The normalized spacial score (nSPS) is 15.4. The summed E-state index contributed by atoms with van der Waals surface area (Å²) in [5, 5.41) is 40.3. The third-order valence-corrected chi connectivity index (χ3v) is 27.0. The number of methoxy groups -OCH3 is 2. The Hall–Kier alpha value is -7.81. The standard InChI is InChI=1S/C37H46N4O4.C31H41ClN4O4.C26H36NP.C6H7BO2.2C2H4O2.Cs.FH.Pd/c1-37(2,3)45-36(43)38-31(24-27-13-10-16-29(23-27)28-14-6-5-7-15-28)25-34(42)40-20-11-17-30(26-40)35-39-32-18-8-9-19-33(32)41(35)21-12-22-44-4;1-31(2,3)40-30(38)33-25(19-22-10-7-12-24(32)18-22)20-28(37)35-15-8-11-23(21-35)29-34-26-13-5-6-14-27(26)36(29)16-9-17-39-4;1-27(2)25-19-11-9-17-23(25)24-18-10-12-20-26(24)28(21-13-5-3-6-14-21)22-15-7-4-8-16-22;8-7(9)6-4-2-1-3-5-6;2*1-2(3)4;;;/h5-10,13-16,18-19,23,30-31H,11-12,17,20-22,24-26H2,1-4H3,(H,38,43);5-7,10,12-14,18,23,25H,8-9,11,15-17,19-21H2,1-4H3,(H,33,38);9-12,17-22H,3-8,13-16H2,1-2H3;1-5,8-9H;2*1H3,(H,3,4);;1H;/q;;;;;;+1;;/p-1/t30-,31-;23-,25-;;;;;;;/m11......./s1. The van der Waals surface area contributed by atoms with Crippen molar-refractivity contribution >= 4 is 101 Å². The number of fused-ring (bicyclic) bond motifs is 2. The van der Waals surface area contributed by atoms with Gasteiger partial charge < -0.3 is 78.4 Å². The van der Waals surface area contributed by atoms with Gasteiger partial charge in [-0.15, -0.1) is 0 Å². The molecular formula is C104H138BClCsFN9O14PPd. The Morgan fingerprint density at radius 1 is 0.511 bits per heavy atom. The van der Waals surface area contributed by atoms with Crippen LogP contribution in [0.25, 0.3) is 44.3 Å². The van der Waals surface area contributed by atoms with Gasteiger partial charge in [-0.2, -0.15) is 0 Å². The second-order valence-corrected chi connectivity index (χ2v) is 39.4. The van der Waals surface area contributed by atoms with Crippen LogP contribution in [0, 0.1) is 0 Å². The minimum absolute atomic E-state index is 0. The van der Waals surface area contributed by atoms with Crippen LogP contribution in [-0.2, 0) is 84.5 Å². The van der Waals surface area contributed by atoms with E-state index in [0.29, 0.717) is 62.7 Å². The van der Waals surface area contributed by atoms with Crippen molar-refractivity contribution in [2.45, 2.75) is 243 Å². The van der Waals surface area contributed by atoms with Crippen LogP contribution in [0.15, 0.2) is 206 Å². The van der Waals surface area contributed by atoms with E-state index in [0.717, 1.165) is 133 Å². The van der Waals surface area contributed by atoms with Crippen molar-refractivity contribution in [2.24, 2.45) is 0 Å². The Labute approximate surface area is 866 Å². The largest absolute Gasteiger partial charge is 1.00 e. The first-order valence-electron chi connectivity index (χ1n) is 46.1. The number of likely N-dealkylation sites (tertiary alicyclic amines) is 2. The number of nitrogens with zero attached hydrogens (tertiary/aromatic N) is 7. The summed E-state index contributed by atoms with van der Waals surface area (Å²) in [6, 6.07) is 68.7. The number of alkyl carbamates (subject to hydrolysis) is 2. The summed E-state index contributed by atoms with van der Waals surface area (Å²) in [6.07, 6.45) is 20.4. The number of anilines is 1. The van der Waals surface area contributed by atoms with Crippen molar-refractivity contribution in [1.82, 2.24) is 39.5 Å². The quantitative estimate of drug-likeness (QED) is 0.0158. The molecule has 133 heavy (non-hydrogen) atoms. The van der Waals surface area contributed by atoms with Crippen LogP contribution in [0.1, 0.15) is 206 Å². The zero-order valence-corrected chi connectivity index (χ0v) is 89.5. The Bertz CT molecular complexity index is 5150. The second-order valence-electron chi connectivity index (χ2n) is 36.2. The van der Waals surface area contributed by atoms with Gasteiger partial charge in [-0.1, -0.05) is 222 Å². The van der Waals surface area contributed by atoms with E-state index in [2.05, 4.69) is 130 Å². The van der Waals surface area contributed by atoms with E-state index in [1.165, 1.54) is 81.0 Å². The summed E-state index contributed by atoms with van der Waals surface area (Å²) >= 11 is 6.20. The van der Waals surface area contributed by atoms with Crippen molar-refractivity contribution < 1.29 is 162 Å². The molecule has 0 unspecified atom stereocenters. The van der Waals surface area contributed by atoms with E-state index in [1.807, 2.05) is 142 Å². The van der Waals surface area contributed by atoms with E-state index in [-0.39, 0.29) is 138 Å². The molecule has 0 radical (unpaired) electrons. The number of carbonyl (C=O) groups is 6. The van der Waals surface area contributed by atoms with Gasteiger partial charge in [0.15, 0.2) is 0 Å². The monoisotopic (exact) mass is 2070 g/mol. The number of rotatable bonds is 27. The summed E-state index contributed by atoms with van der Waals surface area (Å²) in [6.45, 7) is 18.7. The molecule has 2 aromatic heterocycles. The first kappa shape index (κ1) is 114. The number of hydrogen-bond acceptors (Lipinski definition) is 15. The Morgan fingerprint density at radius 3 is 1.34 bits per heavy atom. The zero-order valence-electron chi connectivity index (χ0n) is 80.0. The molecule has 8 aromatic carbocycles. The molecule has 4 aliphatic rings. The molecule has 716 valence electrons.